The number of halogens is 1. The quantitative estimate of drug-likeness (QED) is 0.758. The van der Waals surface area contributed by atoms with Gasteiger partial charge in [-0.05, 0) is 49.6 Å². The van der Waals surface area contributed by atoms with Gasteiger partial charge in [0.15, 0.2) is 5.82 Å². The molecule has 1 saturated heterocycles. The van der Waals surface area contributed by atoms with Crippen LogP contribution in [0.25, 0.3) is 11.3 Å². The predicted molar refractivity (Wildman–Crippen MR) is 102 cm³/mol. The second-order valence-electron chi connectivity index (χ2n) is 6.59. The zero-order valence-electron chi connectivity index (χ0n) is 14.4. The lowest BCUT2D eigenvalue weighted by Crippen LogP contribution is -2.28. The molecule has 0 unspecified atom stereocenters. The molecule has 0 bridgehead atoms. The van der Waals surface area contributed by atoms with Crippen molar-refractivity contribution in [3.63, 3.8) is 0 Å². The van der Waals surface area contributed by atoms with Gasteiger partial charge in [-0.3, -0.25) is 19.8 Å². The second kappa shape index (κ2) is 6.92. The first-order chi connectivity index (χ1) is 12.6. The molecule has 3 heterocycles. The molecule has 1 atom stereocenters. The van der Waals surface area contributed by atoms with Crippen molar-refractivity contribution in [2.24, 2.45) is 5.92 Å². The van der Waals surface area contributed by atoms with Crippen LogP contribution in [0.15, 0.2) is 48.8 Å². The van der Waals surface area contributed by atoms with Crippen LogP contribution < -0.4 is 4.90 Å². The molecule has 26 heavy (non-hydrogen) atoms. The summed E-state index contributed by atoms with van der Waals surface area (Å²) in [5.74, 6) is 0.841. The van der Waals surface area contributed by atoms with Gasteiger partial charge in [0.1, 0.15) is 0 Å². The van der Waals surface area contributed by atoms with Crippen LogP contribution in [-0.2, 0) is 11.2 Å². The summed E-state index contributed by atoms with van der Waals surface area (Å²) in [5.41, 5.74) is 4.06. The summed E-state index contributed by atoms with van der Waals surface area (Å²) >= 11 is 5.94. The van der Waals surface area contributed by atoms with Gasteiger partial charge in [-0.2, -0.15) is 5.10 Å². The Labute approximate surface area is 157 Å². The number of carbonyl (C=O) groups is 1. The molecule has 0 spiro atoms. The first kappa shape index (κ1) is 16.8. The summed E-state index contributed by atoms with van der Waals surface area (Å²) in [7, 11) is 0. The van der Waals surface area contributed by atoms with Crippen molar-refractivity contribution in [2.45, 2.75) is 19.8 Å². The van der Waals surface area contributed by atoms with Gasteiger partial charge in [0, 0.05) is 41.0 Å². The normalized spacial score (nSPS) is 17.1. The van der Waals surface area contributed by atoms with E-state index in [0.717, 1.165) is 41.0 Å². The first-order valence-corrected chi connectivity index (χ1v) is 9.02. The van der Waals surface area contributed by atoms with Crippen molar-refractivity contribution in [1.82, 2.24) is 15.2 Å². The minimum Gasteiger partial charge on any atom is -0.295 e. The van der Waals surface area contributed by atoms with Crippen LogP contribution in [0, 0.1) is 12.8 Å². The van der Waals surface area contributed by atoms with E-state index in [1.54, 1.807) is 17.3 Å². The van der Waals surface area contributed by atoms with E-state index >= 15 is 0 Å². The standard InChI is InChI=1S/C20H19ClN4O/c1-13-18(15-6-9-22-10-7-15)23-24-19(13)25-11-8-16(20(25)26)12-14-2-4-17(21)5-3-14/h2-7,9-10,16H,8,11-12H2,1H3,(H,23,24)/t16-/m0/s1. The lowest BCUT2D eigenvalue weighted by atomic mass is 9.98. The number of H-pyrrole nitrogens is 1. The number of hydrogen-bond donors (Lipinski definition) is 1. The summed E-state index contributed by atoms with van der Waals surface area (Å²) in [4.78, 5) is 18.8. The van der Waals surface area contributed by atoms with Gasteiger partial charge in [-0.1, -0.05) is 23.7 Å². The highest BCUT2D eigenvalue weighted by Gasteiger charge is 2.34. The lowest BCUT2D eigenvalue weighted by molar-refractivity contribution is -0.120. The molecule has 4 rings (SSSR count). The molecule has 6 heteroatoms. The molecular formula is C20H19ClN4O. The van der Waals surface area contributed by atoms with Crippen LogP contribution in [0.2, 0.25) is 5.02 Å². The maximum atomic E-state index is 12.9. The first-order valence-electron chi connectivity index (χ1n) is 8.64. The predicted octanol–water partition coefficient (Wildman–Crippen LogP) is 4.03. The molecule has 1 amide bonds. The number of anilines is 1. The van der Waals surface area contributed by atoms with Crippen LogP contribution in [-0.4, -0.2) is 27.6 Å². The van der Waals surface area contributed by atoms with Crippen molar-refractivity contribution >= 4 is 23.3 Å². The highest BCUT2D eigenvalue weighted by molar-refractivity contribution is 6.30. The fourth-order valence-electron chi connectivity index (χ4n) is 3.49. The van der Waals surface area contributed by atoms with E-state index in [-0.39, 0.29) is 11.8 Å². The van der Waals surface area contributed by atoms with Crippen LogP contribution in [0.1, 0.15) is 17.5 Å². The number of nitrogens with zero attached hydrogens (tertiary/aromatic N) is 3. The Bertz CT molecular complexity index is 921. The average Bonchev–Trinajstić information content (AvgIpc) is 3.21. The number of aromatic nitrogens is 3. The van der Waals surface area contributed by atoms with Gasteiger partial charge in [0.25, 0.3) is 0 Å². The number of benzene rings is 1. The van der Waals surface area contributed by atoms with Crippen molar-refractivity contribution < 1.29 is 4.79 Å². The minimum absolute atomic E-state index is 0.0170. The largest absolute Gasteiger partial charge is 0.295 e. The highest BCUT2D eigenvalue weighted by atomic mass is 35.5. The Morgan fingerprint density at radius 3 is 2.65 bits per heavy atom. The van der Waals surface area contributed by atoms with E-state index in [0.29, 0.717) is 11.6 Å². The molecule has 132 valence electrons. The molecule has 0 aliphatic carbocycles. The zero-order chi connectivity index (χ0) is 18.1. The SMILES string of the molecule is Cc1c(N2CC[C@@H](Cc3ccc(Cl)cc3)C2=O)n[nH]c1-c1ccncc1. The van der Waals surface area contributed by atoms with Crippen LogP contribution in [0.3, 0.4) is 0 Å². The number of rotatable bonds is 4. The van der Waals surface area contributed by atoms with Gasteiger partial charge in [0.05, 0.1) is 5.69 Å². The number of carbonyl (C=O) groups excluding carboxylic acids is 1. The van der Waals surface area contributed by atoms with Gasteiger partial charge in [-0.15, -0.1) is 0 Å². The monoisotopic (exact) mass is 366 g/mol. The summed E-state index contributed by atoms with van der Waals surface area (Å²) < 4.78 is 0. The van der Waals surface area contributed by atoms with E-state index in [9.17, 15) is 4.79 Å². The molecule has 1 N–H and O–H groups in total. The average molecular weight is 367 g/mol. The molecule has 5 nitrogen and oxygen atoms in total. The summed E-state index contributed by atoms with van der Waals surface area (Å²) in [6, 6.07) is 11.6. The molecule has 1 aromatic carbocycles. The number of hydrogen-bond acceptors (Lipinski definition) is 3. The number of amides is 1. The van der Waals surface area contributed by atoms with E-state index in [2.05, 4.69) is 15.2 Å². The van der Waals surface area contributed by atoms with Gasteiger partial charge in [0.2, 0.25) is 5.91 Å². The Hall–Kier alpha value is -2.66. The van der Waals surface area contributed by atoms with Gasteiger partial charge < -0.3 is 0 Å². The molecule has 1 aliphatic heterocycles. The zero-order valence-corrected chi connectivity index (χ0v) is 15.2. The summed E-state index contributed by atoms with van der Waals surface area (Å²) in [6.45, 7) is 2.69. The number of aromatic amines is 1. The van der Waals surface area contributed by atoms with Crippen molar-refractivity contribution in [3.8, 4) is 11.3 Å². The Morgan fingerprint density at radius 2 is 1.92 bits per heavy atom. The molecule has 1 fully saturated rings. The smallest absolute Gasteiger partial charge is 0.231 e. The molecule has 0 radical (unpaired) electrons. The third-order valence-electron chi connectivity index (χ3n) is 4.92. The Balaban J connectivity index is 1.53. The Morgan fingerprint density at radius 1 is 1.19 bits per heavy atom. The molecular weight excluding hydrogens is 348 g/mol. The lowest BCUT2D eigenvalue weighted by Gasteiger charge is -2.15. The Kier molecular flexibility index (Phi) is 4.47. The van der Waals surface area contributed by atoms with Crippen LogP contribution in [0.4, 0.5) is 5.82 Å². The van der Waals surface area contributed by atoms with Gasteiger partial charge >= 0.3 is 0 Å². The third-order valence-corrected chi connectivity index (χ3v) is 5.17. The number of pyridine rings is 1. The third kappa shape index (κ3) is 3.10. The van der Waals surface area contributed by atoms with E-state index in [1.807, 2.05) is 43.3 Å². The summed E-state index contributed by atoms with van der Waals surface area (Å²) in [5, 5.41) is 8.20. The fraction of sp³-hybridized carbons (Fsp3) is 0.250. The molecule has 1 aliphatic rings. The maximum absolute atomic E-state index is 12.9. The maximum Gasteiger partial charge on any atom is 0.231 e. The molecule has 3 aromatic rings. The van der Waals surface area contributed by atoms with E-state index < -0.39 is 0 Å². The van der Waals surface area contributed by atoms with Crippen molar-refractivity contribution in [3.05, 3.63) is 64.9 Å². The minimum atomic E-state index is -0.0170. The van der Waals surface area contributed by atoms with E-state index in [1.165, 1.54) is 0 Å². The molecule has 0 saturated carbocycles. The second-order valence-corrected chi connectivity index (χ2v) is 7.03. The van der Waals surface area contributed by atoms with Crippen LogP contribution >= 0.6 is 11.6 Å². The van der Waals surface area contributed by atoms with Crippen molar-refractivity contribution in [2.75, 3.05) is 11.4 Å². The topological polar surface area (TPSA) is 61.9 Å². The van der Waals surface area contributed by atoms with Crippen LogP contribution in [0.5, 0.6) is 0 Å². The van der Waals surface area contributed by atoms with Gasteiger partial charge in [-0.25, -0.2) is 0 Å². The molecule has 2 aromatic heterocycles. The van der Waals surface area contributed by atoms with E-state index in [4.69, 9.17) is 11.6 Å². The van der Waals surface area contributed by atoms with Crippen molar-refractivity contribution in [1.29, 1.82) is 0 Å². The highest BCUT2D eigenvalue weighted by Crippen LogP contribution is 2.32. The summed E-state index contributed by atoms with van der Waals surface area (Å²) in [6.07, 6.45) is 5.06. The number of nitrogens with one attached hydrogen (secondary N) is 1. The fourth-order valence-corrected chi connectivity index (χ4v) is 3.62.